The summed E-state index contributed by atoms with van der Waals surface area (Å²) in [6.07, 6.45) is 5.07. The van der Waals surface area contributed by atoms with Crippen molar-refractivity contribution in [2.45, 2.75) is 20.3 Å². The van der Waals surface area contributed by atoms with Crippen molar-refractivity contribution in [2.24, 2.45) is 5.92 Å². The van der Waals surface area contributed by atoms with E-state index in [4.69, 9.17) is 4.74 Å². The van der Waals surface area contributed by atoms with E-state index in [2.05, 4.69) is 18.8 Å². The van der Waals surface area contributed by atoms with Crippen molar-refractivity contribution in [3.05, 3.63) is 18.7 Å². The molecule has 4 heteroatoms. The van der Waals surface area contributed by atoms with Crippen molar-refractivity contribution in [1.82, 2.24) is 9.55 Å². The Kier molecular flexibility index (Phi) is 3.49. The van der Waals surface area contributed by atoms with Gasteiger partial charge in [-0.15, -0.1) is 0 Å². The number of nitrogens with zero attached hydrogens (tertiary/aromatic N) is 2. The van der Waals surface area contributed by atoms with Gasteiger partial charge in [-0.3, -0.25) is 0 Å². The fraction of sp³-hybridized carbons (Fsp3) is 0.556. The van der Waals surface area contributed by atoms with E-state index in [0.29, 0.717) is 12.5 Å². The summed E-state index contributed by atoms with van der Waals surface area (Å²) in [5.41, 5.74) is 0. The van der Waals surface area contributed by atoms with Gasteiger partial charge >= 0.3 is 6.09 Å². The highest BCUT2D eigenvalue weighted by Gasteiger charge is 2.04. The summed E-state index contributed by atoms with van der Waals surface area (Å²) in [5, 5.41) is 0. The lowest BCUT2D eigenvalue weighted by Crippen LogP contribution is -2.13. The molecule has 0 spiro atoms. The zero-order valence-electron chi connectivity index (χ0n) is 7.93. The molecule has 1 aromatic rings. The Bertz CT molecular complexity index is 255. The molecule has 1 aromatic heterocycles. The number of carbonyl (C=O) groups excluding carboxylic acids is 1. The van der Waals surface area contributed by atoms with E-state index in [1.807, 2.05) is 0 Å². The smallest absolute Gasteiger partial charge is 0.419 e. The molecular weight excluding hydrogens is 168 g/mol. The predicted molar refractivity (Wildman–Crippen MR) is 48.4 cm³/mol. The van der Waals surface area contributed by atoms with Crippen LogP contribution in [0.2, 0.25) is 0 Å². The van der Waals surface area contributed by atoms with Gasteiger partial charge in [0.15, 0.2) is 0 Å². The van der Waals surface area contributed by atoms with E-state index in [0.717, 1.165) is 6.42 Å². The molecule has 0 N–H and O–H groups in total. The number of hydrogen-bond donors (Lipinski definition) is 0. The summed E-state index contributed by atoms with van der Waals surface area (Å²) in [6, 6.07) is 0. The lowest BCUT2D eigenvalue weighted by molar-refractivity contribution is 0.142. The molecule has 0 atom stereocenters. The van der Waals surface area contributed by atoms with Crippen molar-refractivity contribution >= 4 is 6.09 Å². The van der Waals surface area contributed by atoms with E-state index in [9.17, 15) is 4.79 Å². The minimum Gasteiger partial charge on any atom is -0.449 e. The van der Waals surface area contributed by atoms with Gasteiger partial charge in [-0.05, 0) is 12.3 Å². The number of rotatable bonds is 3. The minimum absolute atomic E-state index is 0.363. The average molecular weight is 182 g/mol. The second-order valence-electron chi connectivity index (χ2n) is 3.27. The summed E-state index contributed by atoms with van der Waals surface area (Å²) in [7, 11) is 0. The largest absolute Gasteiger partial charge is 0.449 e. The Labute approximate surface area is 77.5 Å². The zero-order chi connectivity index (χ0) is 9.68. The normalized spacial score (nSPS) is 10.4. The second kappa shape index (κ2) is 4.64. The van der Waals surface area contributed by atoms with Gasteiger partial charge in [0.25, 0.3) is 0 Å². The third-order valence-electron chi connectivity index (χ3n) is 1.64. The number of hydrogen-bond acceptors (Lipinski definition) is 3. The molecule has 4 nitrogen and oxygen atoms in total. The first-order chi connectivity index (χ1) is 6.20. The lowest BCUT2D eigenvalue weighted by atomic mass is 10.1. The van der Waals surface area contributed by atoms with Crippen LogP contribution < -0.4 is 0 Å². The van der Waals surface area contributed by atoms with Gasteiger partial charge in [0.2, 0.25) is 0 Å². The van der Waals surface area contributed by atoms with Crippen LogP contribution in [0.25, 0.3) is 0 Å². The third kappa shape index (κ3) is 3.27. The Morgan fingerprint density at radius 3 is 2.92 bits per heavy atom. The summed E-state index contributed by atoms with van der Waals surface area (Å²) >= 11 is 0. The number of carbonyl (C=O) groups is 1. The van der Waals surface area contributed by atoms with Crippen LogP contribution in [0.3, 0.4) is 0 Å². The van der Waals surface area contributed by atoms with E-state index in [1.54, 1.807) is 12.4 Å². The standard InChI is InChI=1S/C9H14N2O2/c1-8(2)3-6-13-9(12)11-5-4-10-7-11/h4-5,7-8H,3,6H2,1-2H3. The highest BCUT2D eigenvalue weighted by molar-refractivity contribution is 5.69. The molecule has 72 valence electrons. The maximum absolute atomic E-state index is 11.2. The molecule has 1 rings (SSSR count). The maximum Gasteiger partial charge on any atom is 0.419 e. The number of ether oxygens (including phenoxy) is 1. The fourth-order valence-corrected chi connectivity index (χ4v) is 0.824. The molecule has 0 aromatic carbocycles. The van der Waals surface area contributed by atoms with Crippen molar-refractivity contribution in [3.63, 3.8) is 0 Å². The maximum atomic E-state index is 11.2. The Morgan fingerprint density at radius 2 is 2.38 bits per heavy atom. The van der Waals surface area contributed by atoms with Crippen molar-refractivity contribution in [3.8, 4) is 0 Å². The van der Waals surface area contributed by atoms with Gasteiger partial charge in [0.05, 0.1) is 6.61 Å². The first-order valence-corrected chi connectivity index (χ1v) is 4.35. The van der Waals surface area contributed by atoms with E-state index >= 15 is 0 Å². The number of aromatic nitrogens is 2. The van der Waals surface area contributed by atoms with Gasteiger partial charge in [0, 0.05) is 12.4 Å². The Balaban J connectivity index is 2.27. The summed E-state index contributed by atoms with van der Waals surface area (Å²) in [5.74, 6) is 0.551. The van der Waals surface area contributed by atoms with Crippen LogP contribution in [0.4, 0.5) is 4.79 Å². The first-order valence-electron chi connectivity index (χ1n) is 4.35. The molecule has 13 heavy (non-hydrogen) atoms. The highest BCUT2D eigenvalue weighted by Crippen LogP contribution is 2.00. The molecule has 0 aliphatic carbocycles. The monoisotopic (exact) mass is 182 g/mol. The van der Waals surface area contributed by atoms with E-state index < -0.39 is 0 Å². The van der Waals surface area contributed by atoms with Crippen LogP contribution in [-0.2, 0) is 4.74 Å². The predicted octanol–water partition coefficient (Wildman–Crippen LogP) is 1.91. The first kappa shape index (κ1) is 9.77. The second-order valence-corrected chi connectivity index (χ2v) is 3.27. The van der Waals surface area contributed by atoms with Crippen LogP contribution in [0.15, 0.2) is 18.7 Å². The van der Waals surface area contributed by atoms with Crippen LogP contribution >= 0.6 is 0 Å². The van der Waals surface area contributed by atoms with Crippen LogP contribution in [0, 0.1) is 5.92 Å². The van der Waals surface area contributed by atoms with Gasteiger partial charge in [-0.1, -0.05) is 13.8 Å². The molecule has 0 saturated heterocycles. The Hall–Kier alpha value is -1.32. The average Bonchev–Trinajstić information content (AvgIpc) is 2.55. The quantitative estimate of drug-likeness (QED) is 0.717. The highest BCUT2D eigenvalue weighted by atomic mass is 16.5. The van der Waals surface area contributed by atoms with Gasteiger partial charge < -0.3 is 4.74 Å². The molecular formula is C9H14N2O2. The molecule has 0 unspecified atom stereocenters. The summed E-state index contributed by atoms with van der Waals surface area (Å²) in [4.78, 5) is 14.9. The van der Waals surface area contributed by atoms with Crippen molar-refractivity contribution in [1.29, 1.82) is 0 Å². The van der Waals surface area contributed by atoms with Crippen LogP contribution in [-0.4, -0.2) is 22.3 Å². The zero-order valence-corrected chi connectivity index (χ0v) is 7.93. The topological polar surface area (TPSA) is 44.1 Å². The van der Waals surface area contributed by atoms with Gasteiger partial charge in [0.1, 0.15) is 6.33 Å². The summed E-state index contributed by atoms with van der Waals surface area (Å²) in [6.45, 7) is 4.64. The molecule has 0 aliphatic heterocycles. The molecule has 0 amide bonds. The molecule has 0 aliphatic rings. The third-order valence-corrected chi connectivity index (χ3v) is 1.64. The van der Waals surface area contributed by atoms with E-state index in [1.165, 1.54) is 10.9 Å². The Morgan fingerprint density at radius 1 is 1.62 bits per heavy atom. The fourth-order valence-electron chi connectivity index (χ4n) is 0.824. The van der Waals surface area contributed by atoms with Crippen LogP contribution in [0.1, 0.15) is 20.3 Å². The van der Waals surface area contributed by atoms with Gasteiger partial charge in [-0.2, -0.15) is 0 Å². The summed E-state index contributed by atoms with van der Waals surface area (Å²) < 4.78 is 6.30. The van der Waals surface area contributed by atoms with Crippen molar-refractivity contribution < 1.29 is 9.53 Å². The SMILES string of the molecule is CC(C)CCOC(=O)n1ccnc1. The molecule has 1 heterocycles. The van der Waals surface area contributed by atoms with Crippen LogP contribution in [0.5, 0.6) is 0 Å². The molecule has 0 radical (unpaired) electrons. The van der Waals surface area contributed by atoms with Gasteiger partial charge in [-0.25, -0.2) is 14.3 Å². The molecule has 0 bridgehead atoms. The number of imidazole rings is 1. The minimum atomic E-state index is -0.363. The van der Waals surface area contributed by atoms with E-state index in [-0.39, 0.29) is 6.09 Å². The lowest BCUT2D eigenvalue weighted by Gasteiger charge is -2.05. The van der Waals surface area contributed by atoms with Crippen molar-refractivity contribution in [2.75, 3.05) is 6.61 Å². The molecule has 0 saturated carbocycles. The molecule has 0 fully saturated rings.